The van der Waals surface area contributed by atoms with E-state index in [0.29, 0.717) is 0 Å². The Hall–Kier alpha value is -3.00. The number of benzene rings is 3. The zero-order valence-corrected chi connectivity index (χ0v) is 17.5. The Balaban J connectivity index is 1.66. The second-order valence-corrected chi connectivity index (χ2v) is 7.71. The zero-order chi connectivity index (χ0) is 20.2. The van der Waals surface area contributed by atoms with Crippen molar-refractivity contribution in [2.75, 3.05) is 14.2 Å². The Morgan fingerprint density at radius 2 is 1.69 bits per heavy atom. The maximum absolute atomic E-state index is 5.59. The van der Waals surface area contributed by atoms with Crippen molar-refractivity contribution in [3.8, 4) is 11.5 Å². The fraction of sp³-hybridized carbons (Fsp3) is 0.259. The van der Waals surface area contributed by atoms with Gasteiger partial charge in [-0.2, -0.15) is 0 Å². The van der Waals surface area contributed by atoms with Gasteiger partial charge in [-0.1, -0.05) is 48.0 Å². The van der Waals surface area contributed by atoms with Crippen LogP contribution in [-0.4, -0.2) is 14.2 Å². The van der Waals surface area contributed by atoms with Crippen LogP contribution in [0.3, 0.4) is 0 Å². The average molecular weight is 385 g/mol. The first-order valence-corrected chi connectivity index (χ1v) is 10.3. The van der Waals surface area contributed by atoms with Crippen LogP contribution in [-0.2, 0) is 19.3 Å². The van der Waals surface area contributed by atoms with Gasteiger partial charge in [0.05, 0.1) is 14.2 Å². The molecule has 0 N–H and O–H groups in total. The van der Waals surface area contributed by atoms with E-state index in [1.165, 1.54) is 33.4 Å². The second kappa shape index (κ2) is 8.57. The van der Waals surface area contributed by atoms with Gasteiger partial charge in [-0.05, 0) is 84.7 Å². The third kappa shape index (κ3) is 4.22. The third-order valence-electron chi connectivity index (χ3n) is 5.79. The van der Waals surface area contributed by atoms with E-state index in [1.807, 2.05) is 12.1 Å². The second-order valence-electron chi connectivity index (χ2n) is 7.71. The summed E-state index contributed by atoms with van der Waals surface area (Å²) in [5, 5.41) is 0. The van der Waals surface area contributed by atoms with Crippen LogP contribution in [0, 0.1) is 6.92 Å². The molecule has 0 radical (unpaired) electrons. The molecular weight excluding hydrogens is 356 g/mol. The van der Waals surface area contributed by atoms with Gasteiger partial charge in [0, 0.05) is 5.56 Å². The molecule has 4 rings (SSSR count). The van der Waals surface area contributed by atoms with E-state index in [0.717, 1.165) is 42.7 Å². The van der Waals surface area contributed by atoms with Gasteiger partial charge in [0.15, 0.2) is 0 Å². The fourth-order valence-electron chi connectivity index (χ4n) is 4.19. The first kappa shape index (κ1) is 19.3. The number of hydrogen-bond donors (Lipinski definition) is 0. The molecule has 0 aliphatic heterocycles. The van der Waals surface area contributed by atoms with Gasteiger partial charge in [0.25, 0.3) is 0 Å². The molecule has 1 aliphatic rings. The van der Waals surface area contributed by atoms with E-state index >= 15 is 0 Å². The molecule has 0 bridgehead atoms. The normalized spacial score (nSPS) is 14.1. The molecule has 2 nitrogen and oxygen atoms in total. The summed E-state index contributed by atoms with van der Waals surface area (Å²) in [6.07, 6.45) is 6.57. The predicted molar refractivity (Wildman–Crippen MR) is 121 cm³/mol. The standard InChI is InChI=1S/C27H28O2/c1-19-7-9-20(10-8-19)11-12-21-5-4-6-22-13-14-23(27(21)22)17-24-18-25(28-2)15-16-26(24)29-3/h4-10,15-18H,11-14H2,1-3H3/b23-17+. The van der Waals surface area contributed by atoms with Crippen molar-refractivity contribution in [3.05, 3.63) is 94.0 Å². The monoisotopic (exact) mass is 384 g/mol. The first-order valence-electron chi connectivity index (χ1n) is 10.3. The minimum atomic E-state index is 0.850. The van der Waals surface area contributed by atoms with Crippen LogP contribution in [0.25, 0.3) is 11.6 Å². The van der Waals surface area contributed by atoms with E-state index in [-0.39, 0.29) is 0 Å². The summed E-state index contributed by atoms with van der Waals surface area (Å²) in [5.74, 6) is 1.73. The van der Waals surface area contributed by atoms with Crippen molar-refractivity contribution in [1.29, 1.82) is 0 Å². The summed E-state index contributed by atoms with van der Waals surface area (Å²) < 4.78 is 11.0. The summed E-state index contributed by atoms with van der Waals surface area (Å²) in [6.45, 7) is 2.14. The Morgan fingerprint density at radius 3 is 2.45 bits per heavy atom. The topological polar surface area (TPSA) is 18.5 Å². The number of methoxy groups -OCH3 is 2. The molecule has 2 heteroatoms. The summed E-state index contributed by atoms with van der Waals surface area (Å²) in [4.78, 5) is 0. The lowest BCUT2D eigenvalue weighted by Crippen LogP contribution is -1.97. The summed E-state index contributed by atoms with van der Waals surface area (Å²) >= 11 is 0. The van der Waals surface area contributed by atoms with Crippen LogP contribution < -0.4 is 9.47 Å². The molecule has 0 unspecified atom stereocenters. The number of aryl methyl sites for hydroxylation is 4. The van der Waals surface area contributed by atoms with Gasteiger partial charge in [-0.3, -0.25) is 0 Å². The minimum absolute atomic E-state index is 0.850. The highest BCUT2D eigenvalue weighted by Crippen LogP contribution is 2.38. The summed E-state index contributed by atoms with van der Waals surface area (Å²) in [7, 11) is 3.42. The maximum atomic E-state index is 5.59. The van der Waals surface area contributed by atoms with Gasteiger partial charge in [-0.15, -0.1) is 0 Å². The molecule has 0 amide bonds. The molecule has 29 heavy (non-hydrogen) atoms. The lowest BCUT2D eigenvalue weighted by molar-refractivity contribution is 0.402. The first-order chi connectivity index (χ1) is 14.2. The van der Waals surface area contributed by atoms with E-state index in [2.05, 4.69) is 61.5 Å². The van der Waals surface area contributed by atoms with Crippen molar-refractivity contribution in [1.82, 2.24) is 0 Å². The summed E-state index contributed by atoms with van der Waals surface area (Å²) in [5.41, 5.74) is 9.50. The molecule has 0 fully saturated rings. The van der Waals surface area contributed by atoms with Crippen molar-refractivity contribution in [2.45, 2.75) is 32.6 Å². The molecule has 3 aromatic rings. The van der Waals surface area contributed by atoms with Crippen LogP contribution in [0.15, 0.2) is 60.7 Å². The number of rotatable bonds is 6. The van der Waals surface area contributed by atoms with Crippen LogP contribution >= 0.6 is 0 Å². The van der Waals surface area contributed by atoms with E-state index in [1.54, 1.807) is 14.2 Å². The molecule has 0 saturated carbocycles. The number of fused-ring (bicyclic) bond motifs is 1. The molecule has 0 heterocycles. The van der Waals surface area contributed by atoms with Gasteiger partial charge >= 0.3 is 0 Å². The van der Waals surface area contributed by atoms with Gasteiger partial charge in [0.1, 0.15) is 11.5 Å². The molecule has 0 atom stereocenters. The quantitative estimate of drug-likeness (QED) is 0.498. The molecule has 0 spiro atoms. The number of allylic oxidation sites excluding steroid dienone is 1. The van der Waals surface area contributed by atoms with Crippen LogP contribution in [0.5, 0.6) is 11.5 Å². The number of ether oxygens (including phenoxy) is 2. The molecular formula is C27H28O2. The van der Waals surface area contributed by atoms with Gasteiger partial charge < -0.3 is 9.47 Å². The molecule has 0 aromatic heterocycles. The largest absolute Gasteiger partial charge is 0.497 e. The van der Waals surface area contributed by atoms with Crippen LogP contribution in [0.2, 0.25) is 0 Å². The SMILES string of the molecule is COc1ccc(OC)c(/C=C2\CCc3cccc(CCc4ccc(C)cc4)c32)c1. The van der Waals surface area contributed by atoms with Crippen LogP contribution in [0.1, 0.15) is 39.8 Å². The smallest absolute Gasteiger partial charge is 0.126 e. The minimum Gasteiger partial charge on any atom is -0.497 e. The van der Waals surface area contributed by atoms with E-state index in [4.69, 9.17) is 9.47 Å². The third-order valence-corrected chi connectivity index (χ3v) is 5.79. The van der Waals surface area contributed by atoms with Gasteiger partial charge in [0.2, 0.25) is 0 Å². The molecule has 1 aliphatic carbocycles. The fourth-order valence-corrected chi connectivity index (χ4v) is 4.19. The highest BCUT2D eigenvalue weighted by Gasteiger charge is 2.20. The number of hydrogen-bond acceptors (Lipinski definition) is 2. The van der Waals surface area contributed by atoms with E-state index in [9.17, 15) is 0 Å². The predicted octanol–water partition coefficient (Wildman–Crippen LogP) is 6.28. The Labute approximate surface area is 173 Å². The highest BCUT2D eigenvalue weighted by molar-refractivity contribution is 5.88. The summed E-state index contributed by atoms with van der Waals surface area (Å²) in [6, 6.07) is 21.6. The lowest BCUT2D eigenvalue weighted by atomic mass is 9.94. The molecule has 148 valence electrons. The maximum Gasteiger partial charge on any atom is 0.126 e. The Bertz CT molecular complexity index is 1030. The van der Waals surface area contributed by atoms with Crippen molar-refractivity contribution < 1.29 is 9.47 Å². The Kier molecular flexibility index (Phi) is 5.71. The molecule has 0 saturated heterocycles. The van der Waals surface area contributed by atoms with Crippen LogP contribution in [0.4, 0.5) is 0 Å². The van der Waals surface area contributed by atoms with Crippen molar-refractivity contribution in [3.63, 3.8) is 0 Å². The molecule has 3 aromatic carbocycles. The Morgan fingerprint density at radius 1 is 0.862 bits per heavy atom. The van der Waals surface area contributed by atoms with Gasteiger partial charge in [-0.25, -0.2) is 0 Å². The van der Waals surface area contributed by atoms with Crippen molar-refractivity contribution in [2.24, 2.45) is 0 Å². The zero-order valence-electron chi connectivity index (χ0n) is 17.5. The lowest BCUT2D eigenvalue weighted by Gasteiger charge is -2.12. The van der Waals surface area contributed by atoms with E-state index < -0.39 is 0 Å². The highest BCUT2D eigenvalue weighted by atomic mass is 16.5. The average Bonchev–Trinajstić information content (AvgIpc) is 3.16. The van der Waals surface area contributed by atoms with Crippen molar-refractivity contribution >= 4 is 11.6 Å².